The SMILES string of the molecule is CCc1cccc(NC(=S)N2CCCN(Cc3ccncc3)CC2)c1. The molecule has 1 aliphatic rings. The maximum absolute atomic E-state index is 5.65. The zero-order chi connectivity index (χ0) is 17.5. The Kier molecular flexibility index (Phi) is 6.36. The highest BCUT2D eigenvalue weighted by molar-refractivity contribution is 7.80. The molecule has 0 radical (unpaired) electrons. The molecule has 0 atom stereocenters. The van der Waals surface area contributed by atoms with Crippen molar-refractivity contribution in [1.29, 1.82) is 0 Å². The molecule has 0 spiro atoms. The summed E-state index contributed by atoms with van der Waals surface area (Å²) in [4.78, 5) is 8.88. The minimum atomic E-state index is 0.832. The van der Waals surface area contributed by atoms with Crippen molar-refractivity contribution < 1.29 is 0 Å². The third kappa shape index (κ3) is 5.25. The van der Waals surface area contributed by atoms with E-state index < -0.39 is 0 Å². The van der Waals surface area contributed by atoms with Crippen LogP contribution in [0.2, 0.25) is 0 Å². The van der Waals surface area contributed by atoms with Gasteiger partial charge in [0.25, 0.3) is 0 Å². The standard InChI is InChI=1S/C20H26N4S/c1-2-17-5-3-6-19(15-17)22-20(25)24-12-4-11-23(13-14-24)16-18-7-9-21-10-8-18/h3,5-10,15H,2,4,11-14,16H2,1H3,(H,22,25). The molecule has 0 bridgehead atoms. The van der Waals surface area contributed by atoms with E-state index in [0.717, 1.165) is 56.4 Å². The molecule has 132 valence electrons. The number of nitrogens with zero attached hydrogens (tertiary/aromatic N) is 3. The first-order valence-corrected chi connectivity index (χ1v) is 9.41. The normalized spacial score (nSPS) is 15.6. The maximum Gasteiger partial charge on any atom is 0.173 e. The summed E-state index contributed by atoms with van der Waals surface area (Å²) in [7, 11) is 0. The smallest absolute Gasteiger partial charge is 0.173 e. The van der Waals surface area contributed by atoms with E-state index in [9.17, 15) is 0 Å². The Morgan fingerprint density at radius 1 is 1.08 bits per heavy atom. The van der Waals surface area contributed by atoms with Crippen molar-refractivity contribution in [2.24, 2.45) is 0 Å². The molecule has 1 aromatic heterocycles. The highest BCUT2D eigenvalue weighted by Crippen LogP contribution is 2.14. The van der Waals surface area contributed by atoms with Crippen LogP contribution in [0.4, 0.5) is 5.69 Å². The van der Waals surface area contributed by atoms with E-state index in [2.05, 4.69) is 63.4 Å². The van der Waals surface area contributed by atoms with E-state index in [1.807, 2.05) is 12.4 Å². The summed E-state index contributed by atoms with van der Waals surface area (Å²) in [6, 6.07) is 12.7. The molecule has 0 saturated carbocycles. The van der Waals surface area contributed by atoms with Crippen molar-refractivity contribution in [1.82, 2.24) is 14.8 Å². The van der Waals surface area contributed by atoms with Gasteiger partial charge in [0, 0.05) is 50.8 Å². The van der Waals surface area contributed by atoms with E-state index in [1.165, 1.54) is 11.1 Å². The van der Waals surface area contributed by atoms with Crippen LogP contribution in [-0.2, 0) is 13.0 Å². The molecule has 0 unspecified atom stereocenters. The third-order valence-corrected chi connectivity index (χ3v) is 4.98. The average Bonchev–Trinajstić information content (AvgIpc) is 2.88. The summed E-state index contributed by atoms with van der Waals surface area (Å²) in [5.41, 5.74) is 3.73. The van der Waals surface area contributed by atoms with Crippen molar-refractivity contribution in [2.45, 2.75) is 26.3 Å². The summed E-state index contributed by atoms with van der Waals surface area (Å²) in [6.45, 7) is 7.25. The Hall–Kier alpha value is -1.98. The fourth-order valence-electron chi connectivity index (χ4n) is 3.15. The van der Waals surface area contributed by atoms with Gasteiger partial charge in [0.05, 0.1) is 0 Å². The third-order valence-electron chi connectivity index (χ3n) is 4.62. The van der Waals surface area contributed by atoms with Gasteiger partial charge in [-0.15, -0.1) is 0 Å². The van der Waals surface area contributed by atoms with Gasteiger partial charge in [0.1, 0.15) is 0 Å². The van der Waals surface area contributed by atoms with Gasteiger partial charge in [-0.1, -0.05) is 19.1 Å². The zero-order valence-electron chi connectivity index (χ0n) is 14.8. The summed E-state index contributed by atoms with van der Waals surface area (Å²) in [5.74, 6) is 0. The minimum absolute atomic E-state index is 0.832. The molecule has 1 aromatic carbocycles. The molecule has 1 N–H and O–H groups in total. The number of aryl methyl sites for hydroxylation is 1. The fourth-order valence-corrected chi connectivity index (χ4v) is 3.45. The van der Waals surface area contributed by atoms with Crippen molar-refractivity contribution in [3.05, 3.63) is 59.9 Å². The van der Waals surface area contributed by atoms with Gasteiger partial charge in [-0.05, 0) is 60.5 Å². The van der Waals surface area contributed by atoms with Gasteiger partial charge in [-0.3, -0.25) is 9.88 Å². The lowest BCUT2D eigenvalue weighted by atomic mass is 10.1. The van der Waals surface area contributed by atoms with E-state index in [1.54, 1.807) is 0 Å². The summed E-state index contributed by atoms with van der Waals surface area (Å²) in [5, 5.41) is 4.24. The van der Waals surface area contributed by atoms with Gasteiger partial charge < -0.3 is 10.2 Å². The first-order valence-electron chi connectivity index (χ1n) is 9.00. The molecule has 1 saturated heterocycles. The van der Waals surface area contributed by atoms with Crippen LogP contribution in [0.15, 0.2) is 48.8 Å². The number of rotatable bonds is 4. The average molecular weight is 355 g/mol. The van der Waals surface area contributed by atoms with Crippen LogP contribution < -0.4 is 5.32 Å². The lowest BCUT2D eigenvalue weighted by molar-refractivity contribution is 0.278. The van der Waals surface area contributed by atoms with Gasteiger partial charge in [0.2, 0.25) is 0 Å². The van der Waals surface area contributed by atoms with E-state index in [4.69, 9.17) is 12.2 Å². The number of thiocarbonyl (C=S) groups is 1. The van der Waals surface area contributed by atoms with Crippen LogP contribution in [0.25, 0.3) is 0 Å². The molecule has 1 fully saturated rings. The van der Waals surface area contributed by atoms with Crippen molar-refractivity contribution >= 4 is 23.0 Å². The number of pyridine rings is 1. The first kappa shape index (κ1) is 17.8. The van der Waals surface area contributed by atoms with E-state index >= 15 is 0 Å². The van der Waals surface area contributed by atoms with Crippen molar-refractivity contribution in [3.8, 4) is 0 Å². The van der Waals surface area contributed by atoms with Crippen LogP contribution in [0, 0.1) is 0 Å². The van der Waals surface area contributed by atoms with Gasteiger partial charge >= 0.3 is 0 Å². The minimum Gasteiger partial charge on any atom is -0.348 e. The lowest BCUT2D eigenvalue weighted by Crippen LogP contribution is -2.37. The lowest BCUT2D eigenvalue weighted by Gasteiger charge is -2.25. The molecule has 4 nitrogen and oxygen atoms in total. The molecular weight excluding hydrogens is 328 g/mol. The van der Waals surface area contributed by atoms with Crippen molar-refractivity contribution in [3.63, 3.8) is 0 Å². The molecule has 3 rings (SSSR count). The quantitative estimate of drug-likeness (QED) is 0.849. The second kappa shape index (κ2) is 8.92. The molecule has 5 heteroatoms. The molecule has 0 amide bonds. The summed E-state index contributed by atoms with van der Waals surface area (Å²) < 4.78 is 0. The fraction of sp³-hybridized carbons (Fsp3) is 0.400. The Morgan fingerprint density at radius 3 is 2.72 bits per heavy atom. The summed E-state index contributed by atoms with van der Waals surface area (Å²) in [6.07, 6.45) is 5.89. The Balaban J connectivity index is 1.54. The van der Waals surface area contributed by atoms with Crippen LogP contribution in [0.1, 0.15) is 24.5 Å². The molecular formula is C20H26N4S. The van der Waals surface area contributed by atoms with Crippen LogP contribution in [-0.4, -0.2) is 46.1 Å². The predicted octanol–water partition coefficient (Wildman–Crippen LogP) is 3.55. The van der Waals surface area contributed by atoms with Crippen LogP contribution in [0.5, 0.6) is 0 Å². The van der Waals surface area contributed by atoms with Crippen LogP contribution in [0.3, 0.4) is 0 Å². The van der Waals surface area contributed by atoms with Gasteiger partial charge in [-0.2, -0.15) is 0 Å². The number of hydrogen-bond donors (Lipinski definition) is 1. The Bertz CT molecular complexity index is 689. The molecule has 25 heavy (non-hydrogen) atoms. The highest BCUT2D eigenvalue weighted by atomic mass is 32.1. The predicted molar refractivity (Wildman–Crippen MR) is 108 cm³/mol. The molecule has 1 aliphatic heterocycles. The maximum atomic E-state index is 5.65. The number of aromatic nitrogens is 1. The van der Waals surface area contributed by atoms with E-state index in [-0.39, 0.29) is 0 Å². The number of nitrogens with one attached hydrogen (secondary N) is 1. The topological polar surface area (TPSA) is 31.4 Å². The molecule has 2 aromatic rings. The highest BCUT2D eigenvalue weighted by Gasteiger charge is 2.17. The Labute approximate surface area is 155 Å². The monoisotopic (exact) mass is 354 g/mol. The summed E-state index contributed by atoms with van der Waals surface area (Å²) >= 11 is 5.65. The Morgan fingerprint density at radius 2 is 1.92 bits per heavy atom. The number of benzene rings is 1. The molecule has 2 heterocycles. The van der Waals surface area contributed by atoms with E-state index in [0.29, 0.717) is 0 Å². The number of hydrogen-bond acceptors (Lipinski definition) is 3. The molecule has 0 aliphatic carbocycles. The largest absolute Gasteiger partial charge is 0.348 e. The second-order valence-corrected chi connectivity index (χ2v) is 6.84. The van der Waals surface area contributed by atoms with Gasteiger partial charge in [0.15, 0.2) is 5.11 Å². The second-order valence-electron chi connectivity index (χ2n) is 6.46. The van der Waals surface area contributed by atoms with Crippen LogP contribution >= 0.6 is 12.2 Å². The van der Waals surface area contributed by atoms with Crippen molar-refractivity contribution in [2.75, 3.05) is 31.5 Å². The first-order chi connectivity index (χ1) is 12.2. The van der Waals surface area contributed by atoms with Gasteiger partial charge in [-0.25, -0.2) is 0 Å². The zero-order valence-corrected chi connectivity index (χ0v) is 15.6. The number of anilines is 1.